The molecule has 1 saturated heterocycles. The van der Waals surface area contributed by atoms with E-state index in [9.17, 15) is 9.59 Å². The number of nitrogens with zero attached hydrogens (tertiary/aromatic N) is 1. The molecule has 0 unspecified atom stereocenters. The van der Waals surface area contributed by atoms with Crippen molar-refractivity contribution >= 4 is 22.8 Å². The molecule has 0 radical (unpaired) electrons. The number of benzene rings is 2. The molecule has 1 N–H and O–H groups in total. The van der Waals surface area contributed by atoms with Gasteiger partial charge in [-0.3, -0.25) is 9.69 Å². The molecule has 2 aliphatic heterocycles. The molecule has 0 amide bonds. The maximum Gasteiger partial charge on any atom is 0.338 e. The van der Waals surface area contributed by atoms with E-state index in [-0.39, 0.29) is 29.4 Å². The number of methoxy groups -OCH3 is 6. The third kappa shape index (κ3) is 5.01. The Morgan fingerprint density at radius 2 is 1.66 bits per heavy atom. The van der Waals surface area contributed by atoms with Crippen molar-refractivity contribution in [3.8, 4) is 23.0 Å². The number of piperidine rings is 1. The molecule has 3 heterocycles. The second-order valence-corrected chi connectivity index (χ2v) is 11.7. The van der Waals surface area contributed by atoms with E-state index in [0.29, 0.717) is 23.7 Å². The number of H-pyrrole nitrogens is 1. The van der Waals surface area contributed by atoms with Crippen molar-refractivity contribution in [2.75, 3.05) is 55.7 Å². The van der Waals surface area contributed by atoms with Crippen molar-refractivity contribution in [1.29, 1.82) is 0 Å². The Kier molecular flexibility index (Phi) is 8.34. The van der Waals surface area contributed by atoms with Gasteiger partial charge in [0.1, 0.15) is 18.0 Å². The van der Waals surface area contributed by atoms with E-state index >= 15 is 0 Å². The Bertz CT molecular complexity index is 1530. The quantitative estimate of drug-likeness (QED) is 0.374. The Morgan fingerprint density at radius 1 is 0.909 bits per heavy atom. The molecule has 1 aliphatic carbocycles. The Labute approximate surface area is 256 Å². The first-order valence-corrected chi connectivity index (χ1v) is 14.9. The number of aromatic nitrogens is 1. The average Bonchev–Trinajstić information content (AvgIpc) is 3.43. The number of esters is 2. The summed E-state index contributed by atoms with van der Waals surface area (Å²) in [7, 11) is 9.10. The largest absolute Gasteiger partial charge is 0.497 e. The number of rotatable bonds is 8. The monoisotopic (exact) mass is 608 g/mol. The Balaban J connectivity index is 1.29. The summed E-state index contributed by atoms with van der Waals surface area (Å²) >= 11 is 0. The molecular weight excluding hydrogens is 568 g/mol. The lowest BCUT2D eigenvalue weighted by molar-refractivity contribution is -0.176. The normalized spacial score (nSPS) is 26.1. The van der Waals surface area contributed by atoms with E-state index in [2.05, 4.69) is 16.0 Å². The Morgan fingerprint density at radius 3 is 2.30 bits per heavy atom. The zero-order chi connectivity index (χ0) is 31.1. The first-order valence-electron chi connectivity index (χ1n) is 14.9. The van der Waals surface area contributed by atoms with Gasteiger partial charge in [-0.15, -0.1) is 0 Å². The standard InChI is InChI=1S/C33H40N2O9/c1-38-19-7-8-20-21-9-10-35-16-18-13-27(44-32(36)17-11-25(39-2)30(41-4)26(12-17)40-3)31(42-5)28(33(37)43-6)22(18)15-24(35)29(21)34-23(20)14-19/h7-8,11-12,14,18,22,24,27-28,31,34H,9-10,13,15-16H2,1-6H3/t18-,22+,24-,27+,28-,31-/m1/s1. The van der Waals surface area contributed by atoms with Crippen molar-refractivity contribution in [2.24, 2.45) is 17.8 Å². The molecule has 44 heavy (non-hydrogen) atoms. The summed E-state index contributed by atoms with van der Waals surface area (Å²) in [6, 6.07) is 9.40. The summed E-state index contributed by atoms with van der Waals surface area (Å²) in [5.41, 5.74) is 3.83. The molecule has 0 spiro atoms. The van der Waals surface area contributed by atoms with E-state index in [4.69, 9.17) is 33.2 Å². The smallest absolute Gasteiger partial charge is 0.338 e. The van der Waals surface area contributed by atoms with Crippen LogP contribution in [0.1, 0.15) is 40.5 Å². The first-order chi connectivity index (χ1) is 21.3. The van der Waals surface area contributed by atoms with Gasteiger partial charge in [-0.1, -0.05) is 0 Å². The lowest BCUT2D eigenvalue weighted by Gasteiger charge is -2.52. The highest BCUT2D eigenvalue weighted by Gasteiger charge is 2.54. The van der Waals surface area contributed by atoms with E-state index in [1.165, 1.54) is 45.1 Å². The van der Waals surface area contributed by atoms with Crippen molar-refractivity contribution in [3.05, 3.63) is 47.2 Å². The molecule has 2 fully saturated rings. The van der Waals surface area contributed by atoms with Crippen LogP contribution in [0.4, 0.5) is 0 Å². The maximum absolute atomic E-state index is 13.5. The lowest BCUT2D eigenvalue weighted by atomic mass is 9.63. The summed E-state index contributed by atoms with van der Waals surface area (Å²) in [6.45, 7) is 1.68. The molecule has 11 nitrogen and oxygen atoms in total. The molecule has 1 aromatic heterocycles. The molecule has 6 atom stereocenters. The van der Waals surface area contributed by atoms with Crippen LogP contribution in [0.5, 0.6) is 23.0 Å². The van der Waals surface area contributed by atoms with Gasteiger partial charge >= 0.3 is 11.9 Å². The molecule has 0 bridgehead atoms. The van der Waals surface area contributed by atoms with Crippen LogP contribution in [-0.2, 0) is 25.4 Å². The van der Waals surface area contributed by atoms with Crippen LogP contribution in [0.3, 0.4) is 0 Å². The Hall–Kier alpha value is -3.96. The number of hydrogen-bond acceptors (Lipinski definition) is 10. The molecule has 236 valence electrons. The van der Waals surface area contributed by atoms with Crippen LogP contribution in [-0.4, -0.2) is 89.8 Å². The van der Waals surface area contributed by atoms with Gasteiger partial charge in [-0.2, -0.15) is 0 Å². The van der Waals surface area contributed by atoms with Gasteiger partial charge in [-0.05, 0) is 60.9 Å². The van der Waals surface area contributed by atoms with Gasteiger partial charge in [0, 0.05) is 42.9 Å². The van der Waals surface area contributed by atoms with Gasteiger partial charge in [0.25, 0.3) is 0 Å². The van der Waals surface area contributed by atoms with Crippen LogP contribution in [0.2, 0.25) is 0 Å². The fourth-order valence-electron chi connectivity index (χ4n) is 7.76. The summed E-state index contributed by atoms with van der Waals surface area (Å²) in [4.78, 5) is 33.1. The molecule has 3 aromatic rings. The van der Waals surface area contributed by atoms with Crippen LogP contribution in [0, 0.1) is 17.8 Å². The van der Waals surface area contributed by atoms with Crippen molar-refractivity contribution in [2.45, 2.75) is 37.5 Å². The maximum atomic E-state index is 13.5. The minimum Gasteiger partial charge on any atom is -0.497 e. The molecule has 1 saturated carbocycles. The minimum absolute atomic E-state index is 0.0170. The van der Waals surface area contributed by atoms with E-state index in [0.717, 1.165) is 37.2 Å². The van der Waals surface area contributed by atoms with Gasteiger partial charge in [0.15, 0.2) is 11.5 Å². The zero-order valence-corrected chi connectivity index (χ0v) is 26.0. The molecule has 11 heteroatoms. The second kappa shape index (κ2) is 12.2. The molecule has 6 rings (SSSR count). The first kappa shape index (κ1) is 30.1. The molecule has 2 aromatic carbocycles. The van der Waals surface area contributed by atoms with E-state index < -0.39 is 24.1 Å². The number of ether oxygens (including phenoxy) is 7. The van der Waals surface area contributed by atoms with Crippen molar-refractivity contribution in [1.82, 2.24) is 9.88 Å². The number of nitrogens with one attached hydrogen (secondary N) is 1. The number of hydrogen-bond donors (Lipinski definition) is 1. The molecular formula is C33H40N2O9. The fourth-order valence-corrected chi connectivity index (χ4v) is 7.76. The highest BCUT2D eigenvalue weighted by Crippen LogP contribution is 2.51. The zero-order valence-electron chi connectivity index (χ0n) is 26.0. The van der Waals surface area contributed by atoms with Crippen LogP contribution < -0.4 is 18.9 Å². The van der Waals surface area contributed by atoms with Crippen LogP contribution in [0.15, 0.2) is 30.3 Å². The third-order valence-corrected chi connectivity index (χ3v) is 9.76. The predicted molar refractivity (Wildman–Crippen MR) is 161 cm³/mol. The fraction of sp³-hybridized carbons (Fsp3) is 0.515. The summed E-state index contributed by atoms with van der Waals surface area (Å²) in [6.07, 6.45) is 0.920. The average molecular weight is 609 g/mol. The van der Waals surface area contributed by atoms with Gasteiger partial charge in [0.2, 0.25) is 5.75 Å². The number of fused-ring (bicyclic) bond motifs is 6. The lowest BCUT2D eigenvalue weighted by Crippen LogP contribution is -2.58. The van der Waals surface area contributed by atoms with Crippen molar-refractivity contribution in [3.63, 3.8) is 0 Å². The predicted octanol–water partition coefficient (Wildman–Crippen LogP) is 4.17. The van der Waals surface area contributed by atoms with Crippen molar-refractivity contribution < 1.29 is 42.7 Å². The molecule has 3 aliphatic rings. The minimum atomic E-state index is -0.670. The second-order valence-electron chi connectivity index (χ2n) is 11.7. The van der Waals surface area contributed by atoms with Crippen LogP contribution in [0.25, 0.3) is 10.9 Å². The summed E-state index contributed by atoms with van der Waals surface area (Å²) in [5.74, 6) is 0.441. The van der Waals surface area contributed by atoms with E-state index in [1.807, 2.05) is 12.1 Å². The van der Waals surface area contributed by atoms with Crippen LogP contribution >= 0.6 is 0 Å². The van der Waals surface area contributed by atoms with E-state index in [1.54, 1.807) is 26.4 Å². The number of carbonyl (C=O) groups is 2. The summed E-state index contributed by atoms with van der Waals surface area (Å²) < 4.78 is 39.1. The van der Waals surface area contributed by atoms with Gasteiger partial charge in [-0.25, -0.2) is 4.79 Å². The summed E-state index contributed by atoms with van der Waals surface area (Å²) in [5, 5.41) is 1.21. The SMILES string of the molecule is COC(=O)[C@@H]1[C@H]2C[C@@H]3c4[nH]c5cc(OC)ccc5c4CCN3C[C@H]2C[C@H](OC(=O)c2cc(OC)c(OC)c(OC)c2)[C@H]1OC. The number of aromatic amines is 1. The van der Waals surface area contributed by atoms with Gasteiger partial charge < -0.3 is 38.1 Å². The van der Waals surface area contributed by atoms with Gasteiger partial charge in [0.05, 0.1) is 53.1 Å². The highest BCUT2D eigenvalue weighted by molar-refractivity contribution is 5.91. The third-order valence-electron chi connectivity index (χ3n) is 9.76. The highest BCUT2D eigenvalue weighted by atomic mass is 16.6. The number of carbonyl (C=O) groups excluding carboxylic acids is 2. The topological polar surface area (TPSA) is 118 Å².